The van der Waals surface area contributed by atoms with Gasteiger partial charge in [0.1, 0.15) is 12.4 Å². The van der Waals surface area contributed by atoms with Crippen molar-refractivity contribution in [2.75, 3.05) is 19.7 Å². The number of ketones is 1. The van der Waals surface area contributed by atoms with Crippen molar-refractivity contribution >= 4 is 11.8 Å². The highest BCUT2D eigenvalue weighted by Gasteiger charge is 2.07. The smallest absolute Gasteiger partial charge is 0.319 e. The quantitative estimate of drug-likeness (QED) is 0.566. The topological polar surface area (TPSA) is 64.6 Å². The highest BCUT2D eigenvalue weighted by Crippen LogP contribution is 2.14. The molecule has 1 N–H and O–H groups in total. The number of esters is 1. The molecule has 0 atom stereocenters. The summed E-state index contributed by atoms with van der Waals surface area (Å²) in [6.45, 7) is 2.67. The minimum Gasteiger partial charge on any atom is -0.489 e. The van der Waals surface area contributed by atoms with Gasteiger partial charge >= 0.3 is 5.97 Å². The van der Waals surface area contributed by atoms with Crippen LogP contribution in [0, 0.1) is 0 Å². The van der Waals surface area contributed by atoms with Crippen molar-refractivity contribution in [3.63, 3.8) is 0 Å². The Hall–Kier alpha value is -2.66. The van der Waals surface area contributed by atoms with Crippen molar-refractivity contribution in [3.8, 4) is 5.75 Å². The first-order valence-electron chi connectivity index (χ1n) is 7.85. The Bertz CT molecular complexity index is 653. The summed E-state index contributed by atoms with van der Waals surface area (Å²) in [6.07, 6.45) is 0. The fraction of sp³-hybridized carbons (Fsp3) is 0.263. The van der Waals surface area contributed by atoms with Crippen molar-refractivity contribution < 1.29 is 19.1 Å². The lowest BCUT2D eigenvalue weighted by atomic mass is 10.1. The van der Waals surface area contributed by atoms with Crippen LogP contribution in [0.25, 0.3) is 0 Å². The van der Waals surface area contributed by atoms with E-state index in [9.17, 15) is 9.59 Å². The number of hydrogen-bond donors (Lipinski definition) is 1. The number of nitrogens with one attached hydrogen (secondary N) is 1. The molecule has 0 heterocycles. The molecular formula is C19H21NO4. The van der Waals surface area contributed by atoms with Crippen LogP contribution in [0.5, 0.6) is 5.75 Å². The molecule has 0 aliphatic heterocycles. The van der Waals surface area contributed by atoms with E-state index in [1.54, 1.807) is 31.2 Å². The van der Waals surface area contributed by atoms with E-state index >= 15 is 0 Å². The van der Waals surface area contributed by atoms with Gasteiger partial charge in [-0.1, -0.05) is 30.3 Å². The van der Waals surface area contributed by atoms with Crippen molar-refractivity contribution in [2.24, 2.45) is 0 Å². The molecule has 0 aromatic heterocycles. The minimum atomic E-state index is -0.366. The fourth-order valence-corrected chi connectivity index (χ4v) is 2.07. The molecule has 0 aliphatic carbocycles. The van der Waals surface area contributed by atoms with Gasteiger partial charge in [-0.25, -0.2) is 0 Å². The average molecular weight is 327 g/mol. The lowest BCUT2D eigenvalue weighted by Gasteiger charge is -2.07. The van der Waals surface area contributed by atoms with Crippen LogP contribution in [0.2, 0.25) is 0 Å². The van der Waals surface area contributed by atoms with Gasteiger partial charge in [-0.05, 0) is 36.8 Å². The molecule has 0 bridgehead atoms. The lowest BCUT2D eigenvalue weighted by molar-refractivity contribution is -0.141. The van der Waals surface area contributed by atoms with Gasteiger partial charge in [0.15, 0.2) is 5.78 Å². The highest BCUT2D eigenvalue weighted by molar-refractivity contribution is 5.97. The van der Waals surface area contributed by atoms with E-state index < -0.39 is 0 Å². The first-order valence-corrected chi connectivity index (χ1v) is 7.85. The van der Waals surface area contributed by atoms with Gasteiger partial charge in [0.05, 0.1) is 19.7 Å². The lowest BCUT2D eigenvalue weighted by Crippen LogP contribution is -2.29. The summed E-state index contributed by atoms with van der Waals surface area (Å²) in [7, 11) is 0. The zero-order valence-corrected chi connectivity index (χ0v) is 13.7. The molecule has 0 saturated heterocycles. The third kappa shape index (κ3) is 5.85. The van der Waals surface area contributed by atoms with E-state index in [0.717, 1.165) is 5.56 Å². The molecule has 24 heavy (non-hydrogen) atoms. The van der Waals surface area contributed by atoms with Gasteiger partial charge in [-0.3, -0.25) is 14.9 Å². The van der Waals surface area contributed by atoms with Crippen molar-refractivity contribution in [1.29, 1.82) is 0 Å². The van der Waals surface area contributed by atoms with Gasteiger partial charge in [-0.2, -0.15) is 0 Å². The number of carbonyl (C=O) groups is 2. The van der Waals surface area contributed by atoms with E-state index in [2.05, 4.69) is 5.32 Å². The predicted octanol–water partition coefficient (Wildman–Crippen LogP) is 2.60. The van der Waals surface area contributed by atoms with Crippen LogP contribution in [0.1, 0.15) is 22.8 Å². The third-order valence-corrected chi connectivity index (χ3v) is 3.28. The zero-order chi connectivity index (χ0) is 17.2. The predicted molar refractivity (Wildman–Crippen MR) is 91.0 cm³/mol. The fourth-order valence-electron chi connectivity index (χ4n) is 2.07. The van der Waals surface area contributed by atoms with Crippen LogP contribution in [-0.2, 0) is 16.1 Å². The van der Waals surface area contributed by atoms with Crippen molar-refractivity contribution in [2.45, 2.75) is 13.5 Å². The molecule has 0 spiro atoms. The molecular weight excluding hydrogens is 306 g/mol. The van der Waals surface area contributed by atoms with Crippen LogP contribution < -0.4 is 10.1 Å². The second kappa shape index (κ2) is 9.47. The van der Waals surface area contributed by atoms with Crippen LogP contribution in [0.4, 0.5) is 0 Å². The summed E-state index contributed by atoms with van der Waals surface area (Å²) in [6, 6.07) is 16.8. The standard InChI is InChI=1S/C19H21NO4/c1-2-23-19(22)13-20-12-18(21)16-8-10-17(11-9-16)24-14-15-6-4-3-5-7-15/h3-11,20H,2,12-14H2,1H3. The molecule has 2 rings (SSSR count). The molecule has 5 nitrogen and oxygen atoms in total. The Labute approximate surface area is 141 Å². The number of rotatable bonds is 9. The van der Waals surface area contributed by atoms with E-state index in [-0.39, 0.29) is 24.8 Å². The Morgan fingerprint density at radius 1 is 0.958 bits per heavy atom. The van der Waals surface area contributed by atoms with Crippen LogP contribution in [0.15, 0.2) is 54.6 Å². The molecule has 0 amide bonds. The van der Waals surface area contributed by atoms with E-state index in [4.69, 9.17) is 9.47 Å². The molecule has 0 unspecified atom stereocenters. The molecule has 0 fully saturated rings. The van der Waals surface area contributed by atoms with Crippen molar-refractivity contribution in [3.05, 3.63) is 65.7 Å². The molecule has 126 valence electrons. The Kier molecular flexibility index (Phi) is 6.98. The zero-order valence-electron chi connectivity index (χ0n) is 13.7. The number of hydrogen-bond acceptors (Lipinski definition) is 5. The third-order valence-electron chi connectivity index (χ3n) is 3.28. The minimum absolute atomic E-state index is 0.0256. The van der Waals surface area contributed by atoms with Crippen LogP contribution in [-0.4, -0.2) is 31.4 Å². The maximum absolute atomic E-state index is 12.0. The summed E-state index contributed by atoms with van der Waals surface area (Å²) in [5, 5.41) is 2.77. The Balaban J connectivity index is 1.78. The van der Waals surface area contributed by atoms with Gasteiger partial charge < -0.3 is 9.47 Å². The highest BCUT2D eigenvalue weighted by atomic mass is 16.5. The van der Waals surface area contributed by atoms with E-state index in [1.807, 2.05) is 30.3 Å². The number of Topliss-reactive ketones (excluding diaryl/α,β-unsaturated/α-hetero) is 1. The summed E-state index contributed by atoms with van der Waals surface area (Å²) < 4.78 is 10.5. The first-order chi connectivity index (χ1) is 11.7. The second-order valence-corrected chi connectivity index (χ2v) is 5.13. The normalized spacial score (nSPS) is 10.2. The molecule has 5 heteroatoms. The molecule has 2 aromatic rings. The summed E-state index contributed by atoms with van der Waals surface area (Å²) in [5.41, 5.74) is 1.65. The molecule has 0 aliphatic rings. The number of benzene rings is 2. The Morgan fingerprint density at radius 2 is 1.67 bits per heavy atom. The second-order valence-electron chi connectivity index (χ2n) is 5.13. The van der Waals surface area contributed by atoms with Crippen molar-refractivity contribution in [1.82, 2.24) is 5.32 Å². The van der Waals surface area contributed by atoms with E-state index in [1.165, 1.54) is 0 Å². The van der Waals surface area contributed by atoms with Gasteiger partial charge in [-0.15, -0.1) is 0 Å². The number of carbonyl (C=O) groups excluding carboxylic acids is 2. The summed E-state index contributed by atoms with van der Waals surface area (Å²) in [4.78, 5) is 23.2. The summed E-state index contributed by atoms with van der Waals surface area (Å²) in [5.74, 6) is 0.249. The largest absolute Gasteiger partial charge is 0.489 e. The number of ether oxygens (including phenoxy) is 2. The SMILES string of the molecule is CCOC(=O)CNCC(=O)c1ccc(OCc2ccccc2)cc1. The van der Waals surface area contributed by atoms with Gasteiger partial charge in [0, 0.05) is 5.56 Å². The maximum Gasteiger partial charge on any atom is 0.319 e. The van der Waals surface area contributed by atoms with Gasteiger partial charge in [0.25, 0.3) is 0 Å². The monoisotopic (exact) mass is 327 g/mol. The first kappa shape index (κ1) is 17.7. The Morgan fingerprint density at radius 3 is 2.33 bits per heavy atom. The van der Waals surface area contributed by atoms with E-state index in [0.29, 0.717) is 24.5 Å². The van der Waals surface area contributed by atoms with Gasteiger partial charge in [0.2, 0.25) is 0 Å². The summed E-state index contributed by atoms with van der Waals surface area (Å²) >= 11 is 0. The maximum atomic E-state index is 12.0. The van der Waals surface area contributed by atoms with Crippen LogP contribution >= 0.6 is 0 Å². The molecule has 0 saturated carbocycles. The molecule has 2 aromatic carbocycles. The van der Waals surface area contributed by atoms with Crippen LogP contribution in [0.3, 0.4) is 0 Å². The average Bonchev–Trinajstić information content (AvgIpc) is 2.61. The molecule has 0 radical (unpaired) electrons.